The van der Waals surface area contributed by atoms with Gasteiger partial charge in [0.25, 0.3) is 0 Å². The van der Waals surface area contributed by atoms with Crippen molar-refractivity contribution in [1.82, 2.24) is 5.32 Å². The van der Waals surface area contributed by atoms with Gasteiger partial charge in [-0.1, -0.05) is 78.1 Å². The fourth-order valence-electron chi connectivity index (χ4n) is 4.93. The average molecular weight is 566 g/mol. The first-order valence-electron chi connectivity index (χ1n) is 15.6. The first kappa shape index (κ1) is 37.2. The molecule has 0 spiro atoms. The molecule has 0 aromatic heterocycles. The van der Waals surface area contributed by atoms with Gasteiger partial charge in [-0.2, -0.15) is 0 Å². The van der Waals surface area contributed by atoms with Gasteiger partial charge >= 0.3 is 17.6 Å². The van der Waals surface area contributed by atoms with Crippen LogP contribution in [0.4, 0.5) is 0 Å². The fraction of sp³-hybridized carbons (Fsp3) is 1.00. The van der Waals surface area contributed by atoms with Crippen molar-refractivity contribution in [3.8, 4) is 0 Å². The van der Waals surface area contributed by atoms with Crippen LogP contribution in [0.1, 0.15) is 132 Å². The summed E-state index contributed by atoms with van der Waals surface area (Å²) in [4.78, 5) is 0. The van der Waals surface area contributed by atoms with Crippen LogP contribution >= 0.6 is 0 Å². The molecular weight excluding hydrogens is 502 g/mol. The minimum absolute atomic E-state index is 0.0390. The van der Waals surface area contributed by atoms with Gasteiger partial charge in [0.2, 0.25) is 0 Å². The second-order valence-corrected chi connectivity index (χ2v) is 15.0. The van der Waals surface area contributed by atoms with E-state index in [-0.39, 0.29) is 11.3 Å². The molecule has 0 aliphatic carbocycles. The van der Waals surface area contributed by atoms with Crippen molar-refractivity contribution in [2.24, 2.45) is 0 Å². The van der Waals surface area contributed by atoms with E-state index in [4.69, 9.17) is 26.6 Å². The molecule has 0 aromatic rings. The van der Waals surface area contributed by atoms with E-state index in [9.17, 15) is 0 Å². The molecule has 7 nitrogen and oxygen atoms in total. The molecule has 0 fully saturated rings. The number of rotatable bonds is 28. The minimum Gasteiger partial charge on any atom is -0.373 e. The topological polar surface area (TPSA) is 67.4 Å². The zero-order chi connectivity index (χ0) is 27.8. The molecule has 0 aliphatic rings. The van der Waals surface area contributed by atoms with Crippen molar-refractivity contribution >= 4 is 17.6 Å². The molecule has 37 heavy (non-hydrogen) atoms. The highest BCUT2D eigenvalue weighted by Gasteiger charge is 2.55. The Balaban J connectivity index is 6.24. The monoisotopic (exact) mass is 565 g/mol. The van der Waals surface area contributed by atoms with Crippen LogP contribution in [-0.2, 0) is 26.6 Å². The summed E-state index contributed by atoms with van der Waals surface area (Å²) < 4.78 is 38.6. The fourth-order valence-corrected chi connectivity index (χ4v) is 11.1. The average Bonchev–Trinajstić information content (AvgIpc) is 2.87. The van der Waals surface area contributed by atoms with Crippen LogP contribution in [-0.4, -0.2) is 68.6 Å². The predicted octanol–water partition coefficient (Wildman–Crippen LogP) is 7.21. The molecule has 0 saturated carbocycles. The standard InChI is InChI=1S/C28H63NO6Si2/c1-9-17-19-21-23-25-27(36(30-11-3,31-12-4)32-13-5)29-28(26-24-22-20-18-10-2)37(33-14-6,34-15-7)35-16-8/h27-29H,9-26H2,1-8H3. The van der Waals surface area contributed by atoms with Crippen LogP contribution in [0.3, 0.4) is 0 Å². The second kappa shape index (κ2) is 24.0. The lowest BCUT2D eigenvalue weighted by Crippen LogP contribution is -2.70. The molecule has 2 unspecified atom stereocenters. The van der Waals surface area contributed by atoms with Crippen LogP contribution in [0.5, 0.6) is 0 Å². The smallest absolute Gasteiger partial charge is 0.373 e. The van der Waals surface area contributed by atoms with E-state index >= 15 is 0 Å². The summed E-state index contributed by atoms with van der Waals surface area (Å²) >= 11 is 0. The Morgan fingerprint density at radius 1 is 0.405 bits per heavy atom. The van der Waals surface area contributed by atoms with Gasteiger partial charge in [-0.15, -0.1) is 0 Å². The van der Waals surface area contributed by atoms with E-state index in [0.717, 1.165) is 25.7 Å². The molecule has 0 amide bonds. The molecule has 0 heterocycles. The third kappa shape index (κ3) is 14.4. The quantitative estimate of drug-likeness (QED) is 0.0794. The molecule has 0 aromatic carbocycles. The van der Waals surface area contributed by atoms with Gasteiger partial charge in [0.1, 0.15) is 0 Å². The molecule has 0 bridgehead atoms. The molecule has 0 radical (unpaired) electrons. The van der Waals surface area contributed by atoms with Gasteiger partial charge in [0.05, 0.1) is 11.3 Å². The highest BCUT2D eigenvalue weighted by Crippen LogP contribution is 2.26. The van der Waals surface area contributed by atoms with Crippen molar-refractivity contribution < 1.29 is 26.6 Å². The Labute approximate surface area is 232 Å². The third-order valence-electron chi connectivity index (χ3n) is 6.52. The molecule has 0 aliphatic heterocycles. The van der Waals surface area contributed by atoms with Crippen molar-refractivity contribution in [3.63, 3.8) is 0 Å². The lowest BCUT2D eigenvalue weighted by atomic mass is 10.1. The third-order valence-corrected chi connectivity index (χ3v) is 13.3. The summed E-state index contributed by atoms with van der Waals surface area (Å²) in [7, 11) is -6.04. The van der Waals surface area contributed by atoms with Crippen LogP contribution in [0.2, 0.25) is 0 Å². The summed E-state index contributed by atoms with van der Waals surface area (Å²) in [6, 6.07) is 0. The lowest BCUT2D eigenvalue weighted by Gasteiger charge is -2.41. The summed E-state index contributed by atoms with van der Waals surface area (Å²) in [5.74, 6) is 0. The first-order chi connectivity index (χ1) is 18.0. The van der Waals surface area contributed by atoms with E-state index in [1.165, 1.54) is 51.4 Å². The van der Waals surface area contributed by atoms with Gasteiger partial charge in [-0.25, -0.2) is 0 Å². The van der Waals surface area contributed by atoms with Gasteiger partial charge in [0.15, 0.2) is 0 Å². The maximum atomic E-state index is 6.43. The van der Waals surface area contributed by atoms with Crippen molar-refractivity contribution in [3.05, 3.63) is 0 Å². The van der Waals surface area contributed by atoms with Crippen LogP contribution in [0.25, 0.3) is 0 Å². The lowest BCUT2D eigenvalue weighted by molar-refractivity contribution is 0.0423. The summed E-state index contributed by atoms with van der Waals surface area (Å²) in [5, 5.41) is 4.00. The predicted molar refractivity (Wildman–Crippen MR) is 159 cm³/mol. The number of unbranched alkanes of at least 4 members (excludes halogenated alkanes) is 8. The Morgan fingerprint density at radius 2 is 0.676 bits per heavy atom. The Kier molecular flexibility index (Phi) is 24.1. The van der Waals surface area contributed by atoms with E-state index in [1.807, 2.05) is 41.5 Å². The minimum atomic E-state index is -3.02. The Morgan fingerprint density at radius 3 is 0.919 bits per heavy atom. The van der Waals surface area contributed by atoms with Crippen LogP contribution in [0.15, 0.2) is 0 Å². The van der Waals surface area contributed by atoms with E-state index < -0.39 is 17.6 Å². The summed E-state index contributed by atoms with van der Waals surface area (Å²) in [6.07, 6.45) is 14.0. The van der Waals surface area contributed by atoms with Gasteiger partial charge in [-0.3, -0.25) is 0 Å². The number of hydrogen-bond donors (Lipinski definition) is 1. The van der Waals surface area contributed by atoms with Gasteiger partial charge in [0, 0.05) is 39.6 Å². The zero-order valence-electron chi connectivity index (χ0n) is 25.8. The maximum Gasteiger partial charge on any atom is 0.518 e. The maximum absolute atomic E-state index is 6.43. The van der Waals surface area contributed by atoms with Gasteiger partial charge in [-0.05, 0) is 54.4 Å². The molecule has 9 heteroatoms. The second-order valence-electron chi connectivity index (χ2n) is 9.48. The highest BCUT2D eigenvalue weighted by molar-refractivity contribution is 6.64. The molecule has 0 saturated heterocycles. The van der Waals surface area contributed by atoms with Crippen molar-refractivity contribution in [2.75, 3.05) is 39.6 Å². The summed E-state index contributed by atoms with van der Waals surface area (Å²) in [5.41, 5.74) is -0.0780. The molecular formula is C28H63NO6Si2. The first-order valence-corrected chi connectivity index (χ1v) is 19.2. The molecule has 1 N–H and O–H groups in total. The Hall–Kier alpha value is 0.154. The normalized spacial score (nSPS) is 14.3. The van der Waals surface area contributed by atoms with Crippen LogP contribution < -0.4 is 5.32 Å². The van der Waals surface area contributed by atoms with Crippen molar-refractivity contribution in [2.45, 2.75) is 144 Å². The zero-order valence-corrected chi connectivity index (χ0v) is 27.8. The van der Waals surface area contributed by atoms with Crippen molar-refractivity contribution in [1.29, 1.82) is 0 Å². The highest BCUT2D eigenvalue weighted by atomic mass is 28.4. The number of nitrogens with one attached hydrogen (secondary N) is 1. The SMILES string of the molecule is CCCCCCCC(NC(CCCCCCC)[Si](OCC)(OCC)OCC)[Si](OCC)(OCC)OCC. The van der Waals surface area contributed by atoms with Crippen LogP contribution in [0, 0.1) is 0 Å². The van der Waals surface area contributed by atoms with E-state index in [1.54, 1.807) is 0 Å². The molecule has 2 atom stereocenters. The molecule has 224 valence electrons. The van der Waals surface area contributed by atoms with E-state index in [0.29, 0.717) is 39.6 Å². The number of hydrogen-bond acceptors (Lipinski definition) is 7. The van der Waals surface area contributed by atoms with Gasteiger partial charge < -0.3 is 31.9 Å². The largest absolute Gasteiger partial charge is 0.518 e. The molecule has 0 rings (SSSR count). The van der Waals surface area contributed by atoms with E-state index in [2.05, 4.69) is 19.2 Å². The summed E-state index contributed by atoms with van der Waals surface area (Å²) in [6.45, 7) is 20.1. The Bertz CT molecular complexity index is 427.